The Labute approximate surface area is 99.6 Å². The first kappa shape index (κ1) is 14.1. The fourth-order valence-corrected chi connectivity index (χ4v) is 2.20. The summed E-state index contributed by atoms with van der Waals surface area (Å²) in [4.78, 5) is 0.0456. The number of alkyl halides is 2. The highest BCUT2D eigenvalue weighted by atomic mass is 32.2. The second kappa shape index (κ2) is 4.70. The summed E-state index contributed by atoms with van der Waals surface area (Å²) >= 11 is 0. The van der Waals surface area contributed by atoms with Crippen LogP contribution in [0.1, 0.15) is 19.4 Å². The normalized spacial score (nSPS) is 14.6. The minimum Gasteiger partial charge on any atom is -0.323 e. The van der Waals surface area contributed by atoms with Crippen LogP contribution in [0.5, 0.6) is 0 Å². The van der Waals surface area contributed by atoms with Gasteiger partial charge in [0.2, 0.25) is 0 Å². The number of rotatable bonds is 4. The lowest BCUT2D eigenvalue weighted by Crippen LogP contribution is -2.35. The van der Waals surface area contributed by atoms with Gasteiger partial charge in [0.15, 0.2) is 9.84 Å². The number of hydrogen-bond donors (Lipinski definition) is 1. The topological polar surface area (TPSA) is 60.2 Å². The minimum absolute atomic E-state index is 0.0456. The second-order valence-corrected chi connectivity index (χ2v) is 6.12. The lowest BCUT2D eigenvalue weighted by molar-refractivity contribution is -0.0257. The summed E-state index contributed by atoms with van der Waals surface area (Å²) in [6.45, 7) is 2.70. The van der Waals surface area contributed by atoms with E-state index in [2.05, 4.69) is 0 Å². The molecule has 6 heteroatoms. The molecule has 17 heavy (non-hydrogen) atoms. The van der Waals surface area contributed by atoms with Gasteiger partial charge in [0.25, 0.3) is 5.92 Å². The Hall–Kier alpha value is -1.01. The zero-order chi connectivity index (χ0) is 13.3. The van der Waals surface area contributed by atoms with Gasteiger partial charge in [0, 0.05) is 5.56 Å². The molecule has 0 radical (unpaired) electrons. The van der Waals surface area contributed by atoms with Crippen molar-refractivity contribution in [2.24, 2.45) is 5.73 Å². The van der Waals surface area contributed by atoms with Gasteiger partial charge in [-0.3, -0.25) is 0 Å². The van der Waals surface area contributed by atoms with Crippen molar-refractivity contribution in [3.8, 4) is 0 Å². The molecule has 0 aliphatic carbocycles. The molecule has 0 bridgehead atoms. The Bertz CT molecular complexity index is 481. The van der Waals surface area contributed by atoms with Gasteiger partial charge in [-0.15, -0.1) is 0 Å². The van der Waals surface area contributed by atoms with Crippen LogP contribution in [0.3, 0.4) is 0 Å². The third kappa shape index (κ3) is 2.81. The first-order valence-electron chi connectivity index (χ1n) is 5.18. The van der Waals surface area contributed by atoms with Gasteiger partial charge in [-0.25, -0.2) is 8.42 Å². The van der Waals surface area contributed by atoms with Crippen molar-refractivity contribution in [3.05, 3.63) is 29.8 Å². The molecule has 2 N–H and O–H groups in total. The number of halogens is 2. The molecular weight excluding hydrogens is 248 g/mol. The van der Waals surface area contributed by atoms with Crippen LogP contribution < -0.4 is 5.73 Å². The highest BCUT2D eigenvalue weighted by Crippen LogP contribution is 2.31. The molecule has 0 aromatic heterocycles. The van der Waals surface area contributed by atoms with Crippen molar-refractivity contribution in [1.82, 2.24) is 0 Å². The maximum absolute atomic E-state index is 13.5. The molecule has 0 fully saturated rings. The van der Waals surface area contributed by atoms with Gasteiger partial charge >= 0.3 is 0 Å². The lowest BCUT2D eigenvalue weighted by Gasteiger charge is -2.20. The van der Waals surface area contributed by atoms with Crippen molar-refractivity contribution < 1.29 is 17.2 Å². The zero-order valence-electron chi connectivity index (χ0n) is 9.65. The molecule has 1 rings (SSSR count). The van der Waals surface area contributed by atoms with Crippen LogP contribution in [0.15, 0.2) is 29.2 Å². The highest BCUT2D eigenvalue weighted by Gasteiger charge is 2.36. The van der Waals surface area contributed by atoms with Crippen LogP contribution in [0, 0.1) is 0 Å². The monoisotopic (exact) mass is 263 g/mol. The number of hydrogen-bond acceptors (Lipinski definition) is 3. The number of benzene rings is 1. The molecule has 1 aromatic rings. The Morgan fingerprint density at radius 3 is 2.12 bits per heavy atom. The van der Waals surface area contributed by atoms with Gasteiger partial charge in [0.1, 0.15) is 0 Å². The van der Waals surface area contributed by atoms with Crippen molar-refractivity contribution >= 4 is 9.84 Å². The summed E-state index contributed by atoms with van der Waals surface area (Å²) in [5.74, 6) is -3.22. The molecule has 1 unspecified atom stereocenters. The molecule has 0 aliphatic rings. The van der Waals surface area contributed by atoms with Crippen LogP contribution in [0.4, 0.5) is 8.78 Å². The largest absolute Gasteiger partial charge is 0.323 e. The van der Waals surface area contributed by atoms with Gasteiger partial charge in [-0.05, 0) is 19.1 Å². The van der Waals surface area contributed by atoms with E-state index in [4.69, 9.17) is 5.73 Å². The molecule has 0 heterocycles. The van der Waals surface area contributed by atoms with Crippen LogP contribution in [0.2, 0.25) is 0 Å². The molecule has 0 saturated carbocycles. The summed E-state index contributed by atoms with van der Waals surface area (Å²) in [6.07, 6.45) is 0. The summed E-state index contributed by atoms with van der Waals surface area (Å²) in [5, 5.41) is 0. The van der Waals surface area contributed by atoms with Crippen LogP contribution in [-0.4, -0.2) is 20.2 Å². The quantitative estimate of drug-likeness (QED) is 0.902. The summed E-state index contributed by atoms with van der Waals surface area (Å²) in [7, 11) is -3.36. The zero-order valence-corrected chi connectivity index (χ0v) is 10.5. The summed E-state index contributed by atoms with van der Waals surface area (Å²) < 4.78 is 50.0. The fraction of sp³-hybridized carbons (Fsp3) is 0.455. The van der Waals surface area contributed by atoms with E-state index in [1.807, 2.05) is 0 Å². The maximum atomic E-state index is 13.5. The predicted molar refractivity (Wildman–Crippen MR) is 61.7 cm³/mol. The minimum atomic E-state index is -3.36. The Kier molecular flexibility index (Phi) is 3.88. The maximum Gasteiger partial charge on any atom is 0.287 e. The third-order valence-corrected chi connectivity index (χ3v) is 4.30. The predicted octanol–water partition coefficient (Wildman–Crippen LogP) is 1.92. The molecule has 0 saturated heterocycles. The van der Waals surface area contributed by atoms with Crippen LogP contribution in [0.25, 0.3) is 0 Å². The van der Waals surface area contributed by atoms with E-state index in [9.17, 15) is 17.2 Å². The molecule has 1 aromatic carbocycles. The van der Waals surface area contributed by atoms with Gasteiger partial charge in [-0.2, -0.15) is 8.78 Å². The molecule has 96 valence electrons. The highest BCUT2D eigenvalue weighted by molar-refractivity contribution is 7.91. The number of sulfone groups is 1. The summed E-state index contributed by atoms with van der Waals surface area (Å²) in [6, 6.07) is 3.25. The first-order valence-corrected chi connectivity index (χ1v) is 6.83. The van der Waals surface area contributed by atoms with Crippen molar-refractivity contribution in [2.75, 3.05) is 5.75 Å². The van der Waals surface area contributed by atoms with E-state index in [1.54, 1.807) is 0 Å². The molecule has 0 aliphatic heterocycles. The van der Waals surface area contributed by atoms with Crippen LogP contribution in [-0.2, 0) is 15.8 Å². The van der Waals surface area contributed by atoms with E-state index in [0.29, 0.717) is 0 Å². The summed E-state index contributed by atoms with van der Waals surface area (Å²) in [5.41, 5.74) is 4.91. The molecule has 3 nitrogen and oxygen atoms in total. The van der Waals surface area contributed by atoms with E-state index in [0.717, 1.165) is 12.1 Å². The average Bonchev–Trinajstić information content (AvgIpc) is 2.29. The smallest absolute Gasteiger partial charge is 0.287 e. The van der Waals surface area contributed by atoms with E-state index in [-0.39, 0.29) is 16.2 Å². The first-order chi connectivity index (χ1) is 7.71. The van der Waals surface area contributed by atoms with E-state index < -0.39 is 21.8 Å². The third-order valence-electron chi connectivity index (χ3n) is 2.55. The van der Waals surface area contributed by atoms with Crippen molar-refractivity contribution in [3.63, 3.8) is 0 Å². The lowest BCUT2D eigenvalue weighted by atomic mass is 10.0. The molecule has 0 amide bonds. The SMILES string of the molecule is CCS(=O)(=O)c1ccc(C(F)(F)C(C)N)cc1. The Balaban J connectivity index is 3.13. The van der Waals surface area contributed by atoms with Gasteiger partial charge in [-0.1, -0.05) is 19.1 Å². The van der Waals surface area contributed by atoms with Gasteiger partial charge < -0.3 is 5.73 Å². The standard InChI is InChI=1S/C11H15F2NO2S/c1-3-17(15,16)10-6-4-9(5-7-10)11(12,13)8(2)14/h4-8H,3,14H2,1-2H3. The second-order valence-electron chi connectivity index (χ2n) is 3.84. The van der Waals surface area contributed by atoms with Crippen molar-refractivity contribution in [2.45, 2.75) is 30.7 Å². The van der Waals surface area contributed by atoms with Crippen molar-refractivity contribution in [1.29, 1.82) is 0 Å². The molecular formula is C11H15F2NO2S. The Morgan fingerprint density at radius 1 is 1.29 bits per heavy atom. The fourth-order valence-electron chi connectivity index (χ4n) is 1.31. The van der Waals surface area contributed by atoms with E-state index in [1.165, 1.54) is 26.0 Å². The molecule has 0 spiro atoms. The van der Waals surface area contributed by atoms with E-state index >= 15 is 0 Å². The Morgan fingerprint density at radius 2 is 1.76 bits per heavy atom. The molecule has 1 atom stereocenters. The average molecular weight is 263 g/mol. The van der Waals surface area contributed by atoms with Crippen LogP contribution >= 0.6 is 0 Å². The number of nitrogens with two attached hydrogens (primary N) is 1. The van der Waals surface area contributed by atoms with Gasteiger partial charge in [0.05, 0.1) is 16.7 Å².